The number of alkyl halides is 3. The van der Waals surface area contributed by atoms with Crippen molar-refractivity contribution in [2.75, 3.05) is 6.61 Å². The lowest BCUT2D eigenvalue weighted by Gasteiger charge is -2.69. The summed E-state index contributed by atoms with van der Waals surface area (Å²) < 4.78 is 48.7. The number of hydrogen-bond donors (Lipinski definition) is 1. The smallest absolute Gasteiger partial charge is 0.408 e. The lowest BCUT2D eigenvalue weighted by atomic mass is 9.44. The minimum atomic E-state index is -4.16. The Morgan fingerprint density at radius 3 is 2.54 bits per heavy atom. The first-order chi connectivity index (χ1) is 11.9. The average molecular weight is 375 g/mol. The van der Waals surface area contributed by atoms with Gasteiger partial charge in [0.05, 0.1) is 30.1 Å². The highest BCUT2D eigenvalue weighted by atomic mass is 19.4. The van der Waals surface area contributed by atoms with Gasteiger partial charge >= 0.3 is 12.3 Å². The number of halogens is 3. The summed E-state index contributed by atoms with van der Waals surface area (Å²) in [6.45, 7) is 5.45. The maximum absolute atomic E-state index is 12.1. The number of amides is 1. The van der Waals surface area contributed by atoms with Gasteiger partial charge in [-0.05, 0) is 46.5 Å². The van der Waals surface area contributed by atoms with Crippen LogP contribution in [-0.2, 0) is 10.3 Å². The Labute approximate surface area is 150 Å². The fraction of sp³-hybridized carbons (Fsp3) is 0.765. The van der Waals surface area contributed by atoms with Gasteiger partial charge in [0.15, 0.2) is 5.75 Å². The van der Waals surface area contributed by atoms with Gasteiger partial charge in [-0.3, -0.25) is 4.68 Å². The SMILES string of the molecule is CC(C)(C)OC(=O)NC12CC(n3cc(OCCCC(F)(F)F)cn3)(C1)C2. The maximum Gasteiger partial charge on any atom is 0.408 e. The van der Waals surface area contributed by atoms with Gasteiger partial charge in [0, 0.05) is 6.42 Å². The second-order valence-corrected chi connectivity index (χ2v) is 8.35. The van der Waals surface area contributed by atoms with Gasteiger partial charge < -0.3 is 14.8 Å². The molecule has 0 atom stereocenters. The Hall–Kier alpha value is -1.93. The summed E-state index contributed by atoms with van der Waals surface area (Å²) in [7, 11) is 0. The zero-order chi connectivity index (χ0) is 19.2. The minimum absolute atomic E-state index is 0.00232. The van der Waals surface area contributed by atoms with Gasteiger partial charge in [0.2, 0.25) is 0 Å². The first-order valence-electron chi connectivity index (χ1n) is 8.66. The monoisotopic (exact) mass is 375 g/mol. The van der Waals surface area contributed by atoms with E-state index in [1.165, 1.54) is 6.20 Å². The Morgan fingerprint density at radius 1 is 1.31 bits per heavy atom. The molecular weight excluding hydrogens is 351 g/mol. The molecule has 6 nitrogen and oxygen atoms in total. The van der Waals surface area contributed by atoms with Crippen molar-refractivity contribution in [3.8, 4) is 5.75 Å². The molecule has 1 N–H and O–H groups in total. The van der Waals surface area contributed by atoms with Crippen molar-refractivity contribution in [3.05, 3.63) is 12.4 Å². The van der Waals surface area contributed by atoms with Crippen LogP contribution in [0.15, 0.2) is 12.4 Å². The molecular formula is C17H24F3N3O3. The molecule has 26 heavy (non-hydrogen) atoms. The molecule has 2 bridgehead atoms. The summed E-state index contributed by atoms with van der Waals surface area (Å²) in [5.41, 5.74) is -0.906. The van der Waals surface area contributed by atoms with Crippen molar-refractivity contribution in [2.24, 2.45) is 0 Å². The van der Waals surface area contributed by atoms with Gasteiger partial charge in [-0.25, -0.2) is 4.79 Å². The lowest BCUT2D eigenvalue weighted by Crippen LogP contribution is -2.79. The lowest BCUT2D eigenvalue weighted by molar-refractivity contribution is -0.143. The van der Waals surface area contributed by atoms with Crippen molar-refractivity contribution in [1.29, 1.82) is 0 Å². The van der Waals surface area contributed by atoms with Crippen LogP contribution >= 0.6 is 0 Å². The Balaban J connectivity index is 1.44. The molecule has 1 heterocycles. The van der Waals surface area contributed by atoms with E-state index in [0.717, 1.165) is 19.3 Å². The summed E-state index contributed by atoms with van der Waals surface area (Å²) in [6.07, 6.45) is -0.00906. The third-order valence-corrected chi connectivity index (χ3v) is 4.69. The number of alkyl carbamates (subject to hydrolysis) is 1. The van der Waals surface area contributed by atoms with Crippen molar-refractivity contribution < 1.29 is 27.4 Å². The molecule has 3 fully saturated rings. The molecule has 0 radical (unpaired) electrons. The Bertz CT molecular complexity index is 659. The number of ether oxygens (including phenoxy) is 2. The summed E-state index contributed by atoms with van der Waals surface area (Å²) in [5, 5.41) is 7.20. The molecule has 3 aliphatic rings. The third kappa shape index (κ3) is 4.07. The van der Waals surface area contributed by atoms with E-state index in [2.05, 4.69) is 10.4 Å². The van der Waals surface area contributed by atoms with E-state index in [9.17, 15) is 18.0 Å². The van der Waals surface area contributed by atoms with Crippen molar-refractivity contribution in [1.82, 2.24) is 15.1 Å². The van der Waals surface area contributed by atoms with Gasteiger partial charge in [-0.2, -0.15) is 18.3 Å². The van der Waals surface area contributed by atoms with Crippen LogP contribution < -0.4 is 10.1 Å². The normalized spacial score (nSPS) is 27.3. The van der Waals surface area contributed by atoms with E-state index in [1.54, 1.807) is 10.9 Å². The van der Waals surface area contributed by atoms with Crippen molar-refractivity contribution in [3.63, 3.8) is 0 Å². The predicted octanol–water partition coefficient (Wildman–Crippen LogP) is 3.76. The first kappa shape index (κ1) is 18.8. The van der Waals surface area contributed by atoms with Crippen LogP contribution in [0.5, 0.6) is 5.75 Å². The Morgan fingerprint density at radius 2 is 1.96 bits per heavy atom. The number of hydrogen-bond acceptors (Lipinski definition) is 4. The van der Waals surface area contributed by atoms with Crippen LogP contribution in [0.2, 0.25) is 0 Å². The Kier molecular flexibility index (Phi) is 4.39. The van der Waals surface area contributed by atoms with Crippen LogP contribution in [0.25, 0.3) is 0 Å². The largest absolute Gasteiger partial charge is 0.490 e. The molecule has 0 spiro atoms. The van der Waals surface area contributed by atoms with Crippen LogP contribution in [0.1, 0.15) is 52.9 Å². The molecule has 1 aromatic heterocycles. The fourth-order valence-corrected chi connectivity index (χ4v) is 3.73. The molecule has 1 amide bonds. The zero-order valence-electron chi connectivity index (χ0n) is 15.2. The van der Waals surface area contributed by atoms with Gasteiger partial charge in [-0.15, -0.1) is 0 Å². The van der Waals surface area contributed by atoms with E-state index in [4.69, 9.17) is 9.47 Å². The fourth-order valence-electron chi connectivity index (χ4n) is 3.73. The molecule has 9 heteroatoms. The first-order valence-corrected chi connectivity index (χ1v) is 8.66. The van der Waals surface area contributed by atoms with E-state index in [-0.39, 0.29) is 24.1 Å². The molecule has 0 unspecified atom stereocenters. The zero-order valence-corrected chi connectivity index (χ0v) is 15.2. The highest BCUT2D eigenvalue weighted by Crippen LogP contribution is 2.65. The molecule has 3 aliphatic carbocycles. The number of carbonyl (C=O) groups is 1. The summed E-state index contributed by atoms with van der Waals surface area (Å²) in [6, 6.07) is 0. The minimum Gasteiger partial charge on any atom is -0.490 e. The molecule has 146 valence electrons. The van der Waals surface area contributed by atoms with Crippen LogP contribution in [0.4, 0.5) is 18.0 Å². The summed E-state index contributed by atoms with van der Waals surface area (Å²) in [5.74, 6) is 0.464. The number of nitrogens with one attached hydrogen (secondary N) is 1. The topological polar surface area (TPSA) is 65.4 Å². The molecule has 0 aromatic carbocycles. The molecule has 0 saturated heterocycles. The van der Waals surface area contributed by atoms with E-state index in [0.29, 0.717) is 5.75 Å². The van der Waals surface area contributed by atoms with E-state index >= 15 is 0 Å². The van der Waals surface area contributed by atoms with Gasteiger partial charge in [0.25, 0.3) is 0 Å². The molecule has 3 saturated carbocycles. The van der Waals surface area contributed by atoms with Crippen molar-refractivity contribution in [2.45, 2.75) is 75.7 Å². The third-order valence-electron chi connectivity index (χ3n) is 4.69. The number of carbonyl (C=O) groups excluding carboxylic acids is 1. The number of aromatic nitrogens is 2. The van der Waals surface area contributed by atoms with E-state index in [1.807, 2.05) is 20.8 Å². The maximum atomic E-state index is 12.1. The molecule has 0 aliphatic heterocycles. The predicted molar refractivity (Wildman–Crippen MR) is 86.9 cm³/mol. The van der Waals surface area contributed by atoms with Crippen molar-refractivity contribution >= 4 is 6.09 Å². The summed E-state index contributed by atoms with van der Waals surface area (Å²) in [4.78, 5) is 11.9. The summed E-state index contributed by atoms with van der Waals surface area (Å²) >= 11 is 0. The van der Waals surface area contributed by atoms with Crippen LogP contribution in [0.3, 0.4) is 0 Å². The number of rotatable bonds is 6. The standard InChI is InChI=1S/C17H24F3N3O3/c1-14(2,3)26-13(24)22-15-9-16(10-15,11-15)23-8-12(7-21-23)25-6-4-5-17(18,19)20/h7-8H,4-6,9-11H2,1-3H3,(H,22,24). The highest BCUT2D eigenvalue weighted by Gasteiger charge is 2.70. The van der Waals surface area contributed by atoms with Crippen LogP contribution in [0, 0.1) is 0 Å². The second kappa shape index (κ2) is 6.06. The quantitative estimate of drug-likeness (QED) is 0.769. The molecule has 4 rings (SSSR count). The van der Waals surface area contributed by atoms with Crippen LogP contribution in [-0.4, -0.2) is 39.8 Å². The van der Waals surface area contributed by atoms with Gasteiger partial charge in [-0.1, -0.05) is 0 Å². The number of nitrogens with zero attached hydrogens (tertiary/aromatic N) is 2. The molecule has 1 aromatic rings. The highest BCUT2D eigenvalue weighted by molar-refractivity contribution is 5.70. The second-order valence-electron chi connectivity index (χ2n) is 8.35. The van der Waals surface area contributed by atoms with E-state index < -0.39 is 24.3 Å². The average Bonchev–Trinajstić information content (AvgIpc) is 2.82. The van der Waals surface area contributed by atoms with Gasteiger partial charge in [0.1, 0.15) is 5.60 Å².